The molecule has 0 spiro atoms. The molecule has 0 atom stereocenters. The van der Waals surface area contributed by atoms with Gasteiger partial charge in [-0.15, -0.1) is 0 Å². The quantitative estimate of drug-likeness (QED) is 0.713. The lowest BCUT2D eigenvalue weighted by Crippen LogP contribution is -2.02. The van der Waals surface area contributed by atoms with Gasteiger partial charge in [0.25, 0.3) is 0 Å². The molecule has 1 aromatic carbocycles. The zero-order valence-electron chi connectivity index (χ0n) is 8.56. The van der Waals surface area contributed by atoms with Gasteiger partial charge in [0.15, 0.2) is 6.29 Å². The number of rotatable bonds is 3. The maximum Gasteiger partial charge on any atom is 0.152 e. The molecule has 15 heavy (non-hydrogen) atoms. The summed E-state index contributed by atoms with van der Waals surface area (Å²) in [5, 5.41) is 0.775. The van der Waals surface area contributed by atoms with Crippen molar-refractivity contribution in [1.29, 1.82) is 0 Å². The third-order valence-electron chi connectivity index (χ3n) is 2.33. The van der Waals surface area contributed by atoms with Crippen LogP contribution in [0, 0.1) is 0 Å². The lowest BCUT2D eigenvalue weighted by Gasteiger charge is -2.04. The van der Waals surface area contributed by atoms with Gasteiger partial charge in [-0.25, -0.2) is 0 Å². The van der Waals surface area contributed by atoms with Crippen molar-refractivity contribution in [3.8, 4) is 5.75 Å². The predicted molar refractivity (Wildman–Crippen MR) is 56.4 cm³/mol. The van der Waals surface area contributed by atoms with E-state index in [9.17, 15) is 4.79 Å². The minimum absolute atomic E-state index is 0.560. The topological polar surface area (TPSA) is 40.5 Å². The molecule has 2 rings (SSSR count). The Kier molecular flexibility index (Phi) is 2.33. The molecule has 0 aliphatic carbocycles. The Morgan fingerprint density at radius 2 is 2.13 bits per heavy atom. The average Bonchev–Trinajstić information content (AvgIpc) is 2.66. The minimum Gasteiger partial charge on any atom is -0.496 e. The van der Waals surface area contributed by atoms with Crippen LogP contribution in [0.15, 0.2) is 24.4 Å². The fourth-order valence-electron chi connectivity index (χ4n) is 1.66. The minimum atomic E-state index is 0.560. The van der Waals surface area contributed by atoms with Crippen LogP contribution in [0.2, 0.25) is 0 Å². The van der Waals surface area contributed by atoms with Gasteiger partial charge in [-0.2, -0.15) is 4.73 Å². The summed E-state index contributed by atoms with van der Waals surface area (Å²) in [7, 11) is 3.13. The van der Waals surface area contributed by atoms with Crippen LogP contribution in [0.1, 0.15) is 10.4 Å². The molecule has 0 saturated heterocycles. The van der Waals surface area contributed by atoms with Crippen LogP contribution in [0.3, 0.4) is 0 Å². The van der Waals surface area contributed by atoms with Gasteiger partial charge in [-0.3, -0.25) is 4.79 Å². The molecule has 0 N–H and O–H groups in total. The number of hydrogen-bond acceptors (Lipinski definition) is 3. The summed E-state index contributed by atoms with van der Waals surface area (Å²) < 4.78 is 6.74. The van der Waals surface area contributed by atoms with Crippen LogP contribution in [0.4, 0.5) is 0 Å². The number of carbonyl (C=O) groups excluding carboxylic acids is 1. The van der Waals surface area contributed by atoms with Gasteiger partial charge >= 0.3 is 0 Å². The molecule has 1 aromatic heterocycles. The first-order valence-corrected chi connectivity index (χ1v) is 4.49. The van der Waals surface area contributed by atoms with E-state index >= 15 is 0 Å². The number of nitrogens with zero attached hydrogens (tertiary/aromatic N) is 1. The number of carbonyl (C=O) groups is 1. The highest BCUT2D eigenvalue weighted by molar-refractivity contribution is 6.01. The van der Waals surface area contributed by atoms with E-state index in [0.717, 1.165) is 17.2 Å². The third-order valence-corrected chi connectivity index (χ3v) is 2.33. The largest absolute Gasteiger partial charge is 0.496 e. The molecule has 0 radical (unpaired) electrons. The van der Waals surface area contributed by atoms with Crippen molar-refractivity contribution >= 4 is 17.2 Å². The molecule has 4 heteroatoms. The first kappa shape index (κ1) is 9.58. The molecule has 78 valence electrons. The van der Waals surface area contributed by atoms with Gasteiger partial charge < -0.3 is 9.57 Å². The molecule has 4 nitrogen and oxygen atoms in total. The van der Waals surface area contributed by atoms with Crippen molar-refractivity contribution < 1.29 is 14.4 Å². The summed E-state index contributed by atoms with van der Waals surface area (Å²) in [5.41, 5.74) is 1.38. The highest BCUT2D eigenvalue weighted by Crippen LogP contribution is 2.28. The highest BCUT2D eigenvalue weighted by atomic mass is 16.6. The van der Waals surface area contributed by atoms with Crippen LogP contribution in [-0.2, 0) is 0 Å². The summed E-state index contributed by atoms with van der Waals surface area (Å²) in [6.07, 6.45) is 2.43. The normalized spacial score (nSPS) is 10.3. The molecule has 0 amide bonds. The van der Waals surface area contributed by atoms with E-state index in [-0.39, 0.29) is 0 Å². The van der Waals surface area contributed by atoms with Crippen molar-refractivity contribution in [2.24, 2.45) is 0 Å². The molecular weight excluding hydrogens is 194 g/mol. The van der Waals surface area contributed by atoms with Crippen LogP contribution in [0.5, 0.6) is 5.75 Å². The van der Waals surface area contributed by atoms with Gasteiger partial charge in [0.05, 0.1) is 24.2 Å². The lowest BCUT2D eigenvalue weighted by molar-refractivity contribution is 0.112. The zero-order chi connectivity index (χ0) is 10.8. The van der Waals surface area contributed by atoms with Gasteiger partial charge in [0.1, 0.15) is 12.9 Å². The van der Waals surface area contributed by atoms with Crippen LogP contribution in [-0.4, -0.2) is 25.2 Å². The third kappa shape index (κ3) is 1.34. The van der Waals surface area contributed by atoms with E-state index in [1.54, 1.807) is 25.1 Å². The monoisotopic (exact) mass is 205 g/mol. The van der Waals surface area contributed by atoms with E-state index in [4.69, 9.17) is 9.57 Å². The molecule has 0 saturated carbocycles. The maximum absolute atomic E-state index is 10.9. The van der Waals surface area contributed by atoms with E-state index in [0.29, 0.717) is 11.3 Å². The molecule has 1 heterocycles. The summed E-state index contributed by atoms with van der Waals surface area (Å²) >= 11 is 0. The van der Waals surface area contributed by atoms with E-state index in [1.807, 2.05) is 18.2 Å². The number of methoxy groups -OCH3 is 1. The summed E-state index contributed by atoms with van der Waals surface area (Å²) in [5.74, 6) is 0.672. The molecule has 0 bridgehead atoms. The number of benzene rings is 1. The van der Waals surface area contributed by atoms with Crippen LogP contribution < -0.4 is 9.57 Å². The number of aldehydes is 1. The Bertz CT molecular complexity index is 502. The predicted octanol–water partition coefficient (Wildman–Crippen LogP) is 1.52. The van der Waals surface area contributed by atoms with Crippen molar-refractivity contribution in [1.82, 2.24) is 4.73 Å². The molecule has 0 fully saturated rings. The standard InChI is InChI=1S/C11H11NO3/c1-14-10-5-3-4-9-11(10)8(7-13)6-12(9)15-2/h3-7H,1-2H3. The Labute approximate surface area is 87.0 Å². The van der Waals surface area contributed by atoms with Gasteiger partial charge in [0.2, 0.25) is 0 Å². The van der Waals surface area contributed by atoms with Crippen molar-refractivity contribution in [3.63, 3.8) is 0 Å². The second-order valence-corrected chi connectivity index (χ2v) is 3.07. The van der Waals surface area contributed by atoms with Crippen LogP contribution >= 0.6 is 0 Å². The lowest BCUT2D eigenvalue weighted by atomic mass is 10.2. The molecule has 0 aliphatic heterocycles. The fraction of sp³-hybridized carbons (Fsp3) is 0.182. The van der Waals surface area contributed by atoms with Crippen molar-refractivity contribution in [3.05, 3.63) is 30.0 Å². The summed E-state index contributed by atoms with van der Waals surface area (Å²) in [4.78, 5) is 16.0. The molecule has 2 aromatic rings. The molecular formula is C11H11NO3. The second-order valence-electron chi connectivity index (χ2n) is 3.07. The molecule has 0 unspecified atom stereocenters. The van der Waals surface area contributed by atoms with Crippen molar-refractivity contribution in [2.45, 2.75) is 0 Å². The first-order chi connectivity index (χ1) is 7.31. The first-order valence-electron chi connectivity index (χ1n) is 4.49. The van der Waals surface area contributed by atoms with Crippen molar-refractivity contribution in [2.75, 3.05) is 14.2 Å². The fourth-order valence-corrected chi connectivity index (χ4v) is 1.66. The van der Waals surface area contributed by atoms with E-state index in [1.165, 1.54) is 0 Å². The number of hydrogen-bond donors (Lipinski definition) is 0. The summed E-state index contributed by atoms with van der Waals surface area (Å²) in [6, 6.07) is 5.54. The van der Waals surface area contributed by atoms with E-state index < -0.39 is 0 Å². The Morgan fingerprint density at radius 3 is 2.73 bits per heavy atom. The Balaban J connectivity index is 2.84. The number of ether oxygens (including phenoxy) is 1. The zero-order valence-corrected chi connectivity index (χ0v) is 8.56. The maximum atomic E-state index is 10.9. The van der Waals surface area contributed by atoms with E-state index in [2.05, 4.69) is 0 Å². The Hall–Kier alpha value is -1.97. The number of aromatic nitrogens is 1. The van der Waals surface area contributed by atoms with Gasteiger partial charge in [-0.1, -0.05) is 6.07 Å². The average molecular weight is 205 g/mol. The number of fused-ring (bicyclic) bond motifs is 1. The summed E-state index contributed by atoms with van der Waals surface area (Å²) in [6.45, 7) is 0. The SMILES string of the molecule is COc1cccc2c1c(C=O)cn2OC. The second kappa shape index (κ2) is 3.65. The highest BCUT2D eigenvalue weighted by Gasteiger charge is 2.12. The molecule has 0 aliphatic rings. The smallest absolute Gasteiger partial charge is 0.152 e. The Morgan fingerprint density at radius 1 is 1.33 bits per heavy atom. The van der Waals surface area contributed by atoms with Crippen LogP contribution in [0.25, 0.3) is 10.9 Å². The van der Waals surface area contributed by atoms with Gasteiger partial charge in [0, 0.05) is 5.56 Å². The van der Waals surface area contributed by atoms with Gasteiger partial charge in [-0.05, 0) is 12.1 Å².